The molecule has 2 aliphatic rings. The molecule has 23 heavy (non-hydrogen) atoms. The Morgan fingerprint density at radius 1 is 1.22 bits per heavy atom. The molecule has 2 amide bonds. The number of hydrogen-bond acceptors (Lipinski definition) is 5. The molecule has 0 aliphatic carbocycles. The van der Waals surface area contributed by atoms with Gasteiger partial charge >= 0.3 is 0 Å². The Balaban J connectivity index is 1.49. The first-order chi connectivity index (χ1) is 10.9. The summed E-state index contributed by atoms with van der Waals surface area (Å²) in [6, 6.07) is 3.03. The van der Waals surface area contributed by atoms with Gasteiger partial charge in [0.05, 0.1) is 17.8 Å². The zero-order valence-electron chi connectivity index (χ0n) is 12.7. The summed E-state index contributed by atoms with van der Waals surface area (Å²) in [5.74, 6) is 0.0683. The van der Waals surface area contributed by atoms with E-state index in [-0.39, 0.29) is 35.3 Å². The molecule has 2 saturated heterocycles. The van der Waals surface area contributed by atoms with E-state index in [1.165, 1.54) is 6.26 Å². The van der Waals surface area contributed by atoms with Crippen LogP contribution in [0.5, 0.6) is 0 Å². The second kappa shape index (κ2) is 6.35. The highest BCUT2D eigenvalue weighted by atomic mass is 32.2. The van der Waals surface area contributed by atoms with E-state index in [0.717, 1.165) is 0 Å². The van der Waals surface area contributed by atoms with E-state index in [2.05, 4.69) is 5.32 Å². The molecular weight excluding hydrogens is 320 g/mol. The van der Waals surface area contributed by atoms with Crippen molar-refractivity contribution in [1.82, 2.24) is 10.2 Å². The third-order valence-corrected chi connectivity index (χ3v) is 6.23. The minimum atomic E-state index is -2.99. The van der Waals surface area contributed by atoms with Crippen molar-refractivity contribution in [2.75, 3.05) is 24.6 Å². The largest absolute Gasteiger partial charge is 0.459 e. The van der Waals surface area contributed by atoms with Crippen LogP contribution in [-0.2, 0) is 14.6 Å². The van der Waals surface area contributed by atoms with Gasteiger partial charge in [-0.1, -0.05) is 0 Å². The van der Waals surface area contributed by atoms with Crippen molar-refractivity contribution in [3.63, 3.8) is 0 Å². The Kier molecular flexibility index (Phi) is 4.43. The topological polar surface area (TPSA) is 96.7 Å². The van der Waals surface area contributed by atoms with Crippen LogP contribution in [0, 0.1) is 5.92 Å². The molecule has 8 heteroatoms. The van der Waals surface area contributed by atoms with E-state index in [1.54, 1.807) is 17.0 Å². The van der Waals surface area contributed by atoms with Crippen LogP contribution >= 0.6 is 0 Å². The number of furan rings is 1. The summed E-state index contributed by atoms with van der Waals surface area (Å²) in [4.78, 5) is 26.1. The van der Waals surface area contributed by atoms with Gasteiger partial charge in [0.2, 0.25) is 5.91 Å². The quantitative estimate of drug-likeness (QED) is 0.861. The number of sulfone groups is 1. The fourth-order valence-electron chi connectivity index (χ4n) is 3.13. The number of piperidine rings is 1. The predicted molar refractivity (Wildman–Crippen MR) is 82.5 cm³/mol. The third-order valence-electron chi connectivity index (χ3n) is 4.46. The molecule has 7 nitrogen and oxygen atoms in total. The zero-order valence-corrected chi connectivity index (χ0v) is 13.5. The summed E-state index contributed by atoms with van der Waals surface area (Å²) in [6.45, 7) is 1.00. The van der Waals surface area contributed by atoms with Crippen molar-refractivity contribution in [3.8, 4) is 0 Å². The van der Waals surface area contributed by atoms with Crippen LogP contribution in [0.15, 0.2) is 22.8 Å². The average molecular weight is 340 g/mol. The molecule has 1 atom stereocenters. The third kappa shape index (κ3) is 3.74. The predicted octanol–water partition coefficient (Wildman–Crippen LogP) is 0.435. The van der Waals surface area contributed by atoms with Gasteiger partial charge in [-0.25, -0.2) is 8.42 Å². The van der Waals surface area contributed by atoms with Crippen LogP contribution in [0.1, 0.15) is 29.8 Å². The van der Waals surface area contributed by atoms with Gasteiger partial charge in [0.1, 0.15) is 0 Å². The molecule has 2 aliphatic heterocycles. The Bertz CT molecular complexity index is 675. The number of nitrogens with zero attached hydrogens (tertiary/aromatic N) is 1. The van der Waals surface area contributed by atoms with Gasteiger partial charge in [-0.2, -0.15) is 0 Å². The van der Waals surface area contributed by atoms with Crippen molar-refractivity contribution in [3.05, 3.63) is 24.2 Å². The van der Waals surface area contributed by atoms with Crippen LogP contribution in [0.25, 0.3) is 0 Å². The van der Waals surface area contributed by atoms with Gasteiger partial charge in [-0.15, -0.1) is 0 Å². The van der Waals surface area contributed by atoms with Crippen molar-refractivity contribution >= 4 is 21.7 Å². The van der Waals surface area contributed by atoms with Crippen LogP contribution < -0.4 is 5.32 Å². The van der Waals surface area contributed by atoms with Crippen LogP contribution in [0.3, 0.4) is 0 Å². The monoisotopic (exact) mass is 340 g/mol. The lowest BCUT2D eigenvalue weighted by Gasteiger charge is -2.31. The van der Waals surface area contributed by atoms with Gasteiger partial charge in [0.15, 0.2) is 15.6 Å². The van der Waals surface area contributed by atoms with E-state index < -0.39 is 9.84 Å². The second-order valence-corrected chi connectivity index (χ2v) is 8.38. The summed E-state index contributed by atoms with van der Waals surface area (Å²) in [6.07, 6.45) is 3.11. The molecule has 126 valence electrons. The first kappa shape index (κ1) is 16.0. The Morgan fingerprint density at radius 3 is 2.52 bits per heavy atom. The van der Waals surface area contributed by atoms with E-state index in [9.17, 15) is 18.0 Å². The van der Waals surface area contributed by atoms with Gasteiger partial charge in [-0.3, -0.25) is 9.59 Å². The molecule has 1 aromatic heterocycles. The molecule has 0 spiro atoms. The maximum absolute atomic E-state index is 12.2. The fraction of sp³-hybridized carbons (Fsp3) is 0.600. The van der Waals surface area contributed by atoms with Crippen LogP contribution in [0.2, 0.25) is 0 Å². The highest BCUT2D eigenvalue weighted by Gasteiger charge is 2.33. The van der Waals surface area contributed by atoms with Crippen molar-refractivity contribution in [2.24, 2.45) is 5.92 Å². The smallest absolute Gasteiger partial charge is 0.289 e. The summed E-state index contributed by atoms with van der Waals surface area (Å²) in [5.41, 5.74) is 0. The van der Waals surface area contributed by atoms with Crippen LogP contribution in [0.4, 0.5) is 0 Å². The minimum Gasteiger partial charge on any atom is -0.459 e. The van der Waals surface area contributed by atoms with Gasteiger partial charge < -0.3 is 14.6 Å². The molecule has 3 rings (SSSR count). The second-order valence-electron chi connectivity index (χ2n) is 6.15. The Hall–Kier alpha value is -1.83. The van der Waals surface area contributed by atoms with E-state index in [0.29, 0.717) is 38.1 Å². The number of rotatable bonds is 3. The first-order valence-corrected chi connectivity index (χ1v) is 9.60. The Labute approximate surface area is 134 Å². The maximum atomic E-state index is 12.2. The normalized spacial score (nSPS) is 24.5. The fourth-order valence-corrected chi connectivity index (χ4v) is 4.80. The molecule has 0 bridgehead atoms. The minimum absolute atomic E-state index is 0.0363. The van der Waals surface area contributed by atoms with E-state index >= 15 is 0 Å². The molecule has 1 unspecified atom stereocenters. The van der Waals surface area contributed by atoms with E-state index in [4.69, 9.17) is 4.42 Å². The Morgan fingerprint density at radius 2 is 1.96 bits per heavy atom. The summed E-state index contributed by atoms with van der Waals surface area (Å²) < 4.78 is 28.0. The van der Waals surface area contributed by atoms with Gasteiger partial charge in [-0.05, 0) is 31.4 Å². The lowest BCUT2D eigenvalue weighted by atomic mass is 9.95. The maximum Gasteiger partial charge on any atom is 0.289 e. The van der Waals surface area contributed by atoms with Crippen molar-refractivity contribution < 1.29 is 22.4 Å². The molecule has 1 aromatic rings. The van der Waals surface area contributed by atoms with Crippen LogP contribution in [-0.4, -0.2) is 55.8 Å². The molecule has 1 N–H and O–H groups in total. The average Bonchev–Trinajstić information content (AvgIpc) is 3.16. The number of nitrogens with one attached hydrogen (secondary N) is 1. The number of likely N-dealkylation sites (tertiary alicyclic amines) is 1. The number of carbonyl (C=O) groups excluding carboxylic acids is 2. The highest BCUT2D eigenvalue weighted by molar-refractivity contribution is 7.91. The van der Waals surface area contributed by atoms with Crippen molar-refractivity contribution in [1.29, 1.82) is 0 Å². The number of amides is 2. The molecular formula is C15H20N2O5S. The summed E-state index contributed by atoms with van der Waals surface area (Å²) in [5, 5.41) is 2.84. The van der Waals surface area contributed by atoms with E-state index in [1.807, 2.05) is 0 Å². The molecule has 3 heterocycles. The highest BCUT2D eigenvalue weighted by Crippen LogP contribution is 2.20. The number of carbonyl (C=O) groups is 2. The van der Waals surface area contributed by atoms with Gasteiger partial charge in [0.25, 0.3) is 5.91 Å². The van der Waals surface area contributed by atoms with Gasteiger partial charge in [0, 0.05) is 25.0 Å². The number of hydrogen-bond donors (Lipinski definition) is 1. The lowest BCUT2D eigenvalue weighted by molar-refractivity contribution is -0.126. The summed E-state index contributed by atoms with van der Waals surface area (Å²) >= 11 is 0. The SMILES string of the molecule is O=C(NC1CCS(=O)(=O)C1)C1CCN(C(=O)c2ccco2)CC1. The molecule has 2 fully saturated rings. The first-order valence-electron chi connectivity index (χ1n) is 7.78. The molecule has 0 radical (unpaired) electrons. The molecule has 0 saturated carbocycles. The summed E-state index contributed by atoms with van der Waals surface area (Å²) in [7, 11) is -2.99. The lowest BCUT2D eigenvalue weighted by Crippen LogP contribution is -2.45. The van der Waals surface area contributed by atoms with Crippen molar-refractivity contribution in [2.45, 2.75) is 25.3 Å². The standard InChI is InChI=1S/C15H20N2O5S/c18-14(16-12-5-9-23(20,21)10-12)11-3-6-17(7-4-11)15(19)13-2-1-8-22-13/h1-2,8,11-12H,3-7,9-10H2,(H,16,18). The molecule has 0 aromatic carbocycles. The zero-order chi connectivity index (χ0) is 16.4.